The van der Waals surface area contributed by atoms with Crippen LogP contribution in [0.15, 0.2) is 30.3 Å². The Hall–Kier alpha value is -3.82. The lowest BCUT2D eigenvalue weighted by atomic mass is 10.2. The van der Waals surface area contributed by atoms with Crippen LogP contribution < -0.4 is 19.7 Å². The largest absolute Gasteiger partial charge is 0.493 e. The van der Waals surface area contributed by atoms with E-state index in [9.17, 15) is 4.79 Å². The van der Waals surface area contributed by atoms with Crippen LogP contribution in [0, 0.1) is 20.8 Å². The van der Waals surface area contributed by atoms with E-state index in [4.69, 9.17) is 9.47 Å². The molecule has 2 aromatic heterocycles. The Balaban J connectivity index is 1.44. The number of rotatable bonds is 5. The number of nitrogens with zero attached hydrogens (tertiary/aromatic N) is 6. The SMILES string of the molecule is COc1cccc(NC(=O)N2CCN(c3cc(-n4nc(C)cc4C)nc(C)n3)CC2)c1OC. The van der Waals surface area contributed by atoms with Crippen molar-refractivity contribution in [1.29, 1.82) is 0 Å². The van der Waals surface area contributed by atoms with E-state index in [0.717, 1.165) is 23.0 Å². The molecule has 1 aromatic carbocycles. The minimum atomic E-state index is -0.177. The molecule has 0 unspecified atom stereocenters. The summed E-state index contributed by atoms with van der Waals surface area (Å²) in [5, 5.41) is 7.47. The molecule has 33 heavy (non-hydrogen) atoms. The molecule has 3 aromatic rings. The molecule has 0 aliphatic carbocycles. The van der Waals surface area contributed by atoms with Crippen molar-refractivity contribution in [2.24, 2.45) is 0 Å². The molecule has 0 atom stereocenters. The summed E-state index contributed by atoms with van der Waals surface area (Å²) in [5.74, 6) is 3.33. The Kier molecular flexibility index (Phi) is 6.34. The van der Waals surface area contributed by atoms with Crippen LogP contribution in [0.1, 0.15) is 17.2 Å². The average Bonchev–Trinajstić information content (AvgIpc) is 3.16. The van der Waals surface area contributed by atoms with E-state index in [2.05, 4.69) is 25.3 Å². The maximum absolute atomic E-state index is 12.9. The summed E-state index contributed by atoms with van der Waals surface area (Å²) in [7, 11) is 3.12. The fourth-order valence-electron chi connectivity index (χ4n) is 3.99. The molecule has 0 radical (unpaired) electrons. The van der Waals surface area contributed by atoms with Gasteiger partial charge in [-0.3, -0.25) is 0 Å². The average molecular weight is 452 g/mol. The number of ether oxygens (including phenoxy) is 2. The number of nitrogens with one attached hydrogen (secondary N) is 1. The quantitative estimate of drug-likeness (QED) is 0.637. The number of hydrogen-bond acceptors (Lipinski definition) is 7. The highest BCUT2D eigenvalue weighted by molar-refractivity contribution is 5.91. The zero-order chi connectivity index (χ0) is 23.5. The van der Waals surface area contributed by atoms with Gasteiger partial charge in [-0.2, -0.15) is 5.10 Å². The third kappa shape index (κ3) is 4.69. The maximum atomic E-state index is 12.9. The molecule has 0 spiro atoms. The minimum Gasteiger partial charge on any atom is -0.493 e. The van der Waals surface area contributed by atoms with Gasteiger partial charge in [0, 0.05) is 37.9 Å². The summed E-state index contributed by atoms with van der Waals surface area (Å²) in [4.78, 5) is 26.0. The van der Waals surface area contributed by atoms with Crippen LogP contribution in [-0.2, 0) is 0 Å². The van der Waals surface area contributed by atoms with Crippen LogP contribution in [0.2, 0.25) is 0 Å². The van der Waals surface area contributed by atoms with Gasteiger partial charge >= 0.3 is 6.03 Å². The van der Waals surface area contributed by atoms with Crippen LogP contribution in [0.25, 0.3) is 5.82 Å². The fraction of sp³-hybridized carbons (Fsp3) is 0.391. The monoisotopic (exact) mass is 451 g/mol. The number of hydrogen-bond donors (Lipinski definition) is 1. The molecule has 1 aliphatic heterocycles. The number of aromatic nitrogens is 4. The van der Waals surface area contributed by atoms with Gasteiger partial charge in [0.15, 0.2) is 17.3 Å². The van der Waals surface area contributed by atoms with E-state index in [-0.39, 0.29) is 6.03 Å². The second-order valence-corrected chi connectivity index (χ2v) is 7.92. The number of anilines is 2. The Morgan fingerprint density at radius 2 is 1.70 bits per heavy atom. The molecule has 10 nitrogen and oxygen atoms in total. The van der Waals surface area contributed by atoms with E-state index in [0.29, 0.717) is 49.2 Å². The van der Waals surface area contributed by atoms with E-state index < -0.39 is 0 Å². The second kappa shape index (κ2) is 9.35. The first-order valence-electron chi connectivity index (χ1n) is 10.8. The number of urea groups is 1. The molecule has 3 heterocycles. The summed E-state index contributed by atoms with van der Waals surface area (Å²) >= 11 is 0. The van der Waals surface area contributed by atoms with Crippen LogP contribution in [0.4, 0.5) is 16.3 Å². The fourth-order valence-corrected chi connectivity index (χ4v) is 3.99. The first-order valence-corrected chi connectivity index (χ1v) is 10.8. The number of carbonyl (C=O) groups excluding carboxylic acids is 1. The lowest BCUT2D eigenvalue weighted by Crippen LogP contribution is -2.50. The lowest BCUT2D eigenvalue weighted by molar-refractivity contribution is 0.208. The number of aryl methyl sites for hydroxylation is 3. The molecule has 4 rings (SSSR count). The van der Waals surface area contributed by atoms with Gasteiger partial charge in [-0.05, 0) is 39.0 Å². The zero-order valence-corrected chi connectivity index (χ0v) is 19.6. The lowest BCUT2D eigenvalue weighted by Gasteiger charge is -2.35. The van der Waals surface area contributed by atoms with E-state index >= 15 is 0 Å². The van der Waals surface area contributed by atoms with E-state index in [1.54, 1.807) is 31.3 Å². The number of para-hydroxylation sites is 1. The van der Waals surface area contributed by atoms with Crippen molar-refractivity contribution in [2.45, 2.75) is 20.8 Å². The van der Waals surface area contributed by atoms with Gasteiger partial charge in [0.25, 0.3) is 0 Å². The summed E-state index contributed by atoms with van der Waals surface area (Å²) in [6.45, 7) is 8.30. The van der Waals surface area contributed by atoms with Crippen LogP contribution in [-0.4, -0.2) is 71.1 Å². The molecule has 10 heteroatoms. The second-order valence-electron chi connectivity index (χ2n) is 7.92. The summed E-state index contributed by atoms with van der Waals surface area (Å²) in [6, 6.07) is 9.18. The van der Waals surface area contributed by atoms with Gasteiger partial charge in [-0.15, -0.1) is 0 Å². The minimum absolute atomic E-state index is 0.177. The molecule has 1 aliphatic rings. The van der Waals surface area contributed by atoms with Gasteiger partial charge < -0.3 is 24.6 Å². The standard InChI is InChI=1S/C23H29N7O3/c1-15-13-16(2)30(27-15)21-14-20(24-17(3)25-21)28-9-11-29(12-10-28)23(31)26-18-7-6-8-19(32-4)22(18)33-5/h6-8,13-14H,9-12H2,1-5H3,(H,26,31). The molecule has 2 amide bonds. The van der Waals surface area contributed by atoms with Crippen molar-refractivity contribution in [3.63, 3.8) is 0 Å². The molecule has 1 fully saturated rings. The number of benzene rings is 1. The normalized spacial score (nSPS) is 13.7. The first-order chi connectivity index (χ1) is 15.9. The van der Waals surface area contributed by atoms with Gasteiger partial charge in [-0.1, -0.05) is 6.07 Å². The topological polar surface area (TPSA) is 97.6 Å². The number of amides is 2. The van der Waals surface area contributed by atoms with Crippen molar-refractivity contribution in [1.82, 2.24) is 24.6 Å². The Morgan fingerprint density at radius 3 is 2.33 bits per heavy atom. The predicted molar refractivity (Wildman–Crippen MR) is 126 cm³/mol. The summed E-state index contributed by atoms with van der Waals surface area (Å²) in [6.07, 6.45) is 0. The van der Waals surface area contributed by atoms with E-state index in [1.807, 2.05) is 43.7 Å². The third-order valence-corrected chi connectivity index (χ3v) is 5.57. The predicted octanol–water partition coefficient (Wildman–Crippen LogP) is 2.96. The highest BCUT2D eigenvalue weighted by Crippen LogP contribution is 2.34. The number of piperazine rings is 1. The third-order valence-electron chi connectivity index (χ3n) is 5.57. The van der Waals surface area contributed by atoms with Gasteiger partial charge in [0.1, 0.15) is 11.6 Å². The van der Waals surface area contributed by atoms with Crippen LogP contribution in [0.3, 0.4) is 0 Å². The Bertz CT molecular complexity index is 1150. The zero-order valence-electron chi connectivity index (χ0n) is 19.6. The highest BCUT2D eigenvalue weighted by atomic mass is 16.5. The van der Waals surface area contributed by atoms with Gasteiger partial charge in [0.2, 0.25) is 0 Å². The highest BCUT2D eigenvalue weighted by Gasteiger charge is 2.24. The van der Waals surface area contributed by atoms with Crippen molar-refractivity contribution in [2.75, 3.05) is 50.6 Å². The Labute approximate surface area is 193 Å². The van der Waals surface area contributed by atoms with E-state index in [1.165, 1.54) is 0 Å². The molecular formula is C23H29N7O3. The molecule has 0 saturated carbocycles. The molecular weight excluding hydrogens is 422 g/mol. The molecule has 174 valence electrons. The maximum Gasteiger partial charge on any atom is 0.322 e. The number of methoxy groups -OCH3 is 2. The smallest absolute Gasteiger partial charge is 0.322 e. The Morgan fingerprint density at radius 1 is 0.970 bits per heavy atom. The van der Waals surface area contributed by atoms with Crippen LogP contribution >= 0.6 is 0 Å². The molecule has 1 N–H and O–H groups in total. The van der Waals surface area contributed by atoms with Crippen molar-refractivity contribution < 1.29 is 14.3 Å². The van der Waals surface area contributed by atoms with Crippen molar-refractivity contribution in [3.8, 4) is 17.3 Å². The van der Waals surface area contributed by atoms with Crippen LogP contribution in [0.5, 0.6) is 11.5 Å². The van der Waals surface area contributed by atoms with Gasteiger partial charge in [0.05, 0.1) is 25.6 Å². The summed E-state index contributed by atoms with van der Waals surface area (Å²) < 4.78 is 12.6. The first kappa shape index (κ1) is 22.4. The van der Waals surface area contributed by atoms with Crippen molar-refractivity contribution in [3.05, 3.63) is 47.5 Å². The van der Waals surface area contributed by atoms with Gasteiger partial charge in [-0.25, -0.2) is 19.4 Å². The number of carbonyl (C=O) groups is 1. The molecule has 1 saturated heterocycles. The summed E-state index contributed by atoms with van der Waals surface area (Å²) in [5.41, 5.74) is 2.54. The molecule has 0 bridgehead atoms. The van der Waals surface area contributed by atoms with Crippen molar-refractivity contribution >= 4 is 17.5 Å².